The van der Waals surface area contributed by atoms with Crippen molar-refractivity contribution in [2.45, 2.75) is 33.1 Å². The maximum Gasteiger partial charge on any atom is 0.253 e. The topological polar surface area (TPSA) is 60.0 Å². The third kappa shape index (κ3) is 9.20. The average molecular weight is 530 g/mol. The Balaban J connectivity index is 0.00000450. The maximum atomic E-state index is 12.1. The van der Waals surface area contributed by atoms with Crippen molar-refractivity contribution in [3.8, 4) is 0 Å². The van der Waals surface area contributed by atoms with Crippen LogP contribution in [-0.2, 0) is 6.42 Å². The Morgan fingerprint density at radius 2 is 1.83 bits per heavy atom. The molecule has 1 amide bonds. The first-order chi connectivity index (χ1) is 13.9. The van der Waals surface area contributed by atoms with E-state index >= 15 is 0 Å². The van der Waals surface area contributed by atoms with Crippen LogP contribution in [0.4, 0.5) is 0 Å². The minimum Gasteiger partial charge on any atom is -0.356 e. The molecule has 1 saturated heterocycles. The van der Waals surface area contributed by atoms with E-state index in [4.69, 9.17) is 0 Å². The number of piperidine rings is 1. The second-order valence-corrected chi connectivity index (χ2v) is 8.63. The number of aliphatic imine (C=N–C) groups is 1. The largest absolute Gasteiger partial charge is 0.356 e. The molecule has 0 radical (unpaired) electrons. The predicted molar refractivity (Wildman–Crippen MR) is 137 cm³/mol. The van der Waals surface area contributed by atoms with Crippen LogP contribution in [0.2, 0.25) is 0 Å². The predicted octanol–water partition coefficient (Wildman–Crippen LogP) is 3.08. The summed E-state index contributed by atoms with van der Waals surface area (Å²) in [7, 11) is 5.36. The molecule has 2 atom stereocenters. The van der Waals surface area contributed by atoms with Crippen LogP contribution in [0.25, 0.3) is 0 Å². The van der Waals surface area contributed by atoms with E-state index < -0.39 is 0 Å². The number of carbonyl (C=O) groups excluding carboxylic acids is 1. The highest BCUT2D eigenvalue weighted by Gasteiger charge is 2.20. The van der Waals surface area contributed by atoms with Gasteiger partial charge in [-0.05, 0) is 55.3 Å². The summed E-state index contributed by atoms with van der Waals surface area (Å²) in [5.41, 5.74) is 1.88. The number of benzene rings is 1. The third-order valence-corrected chi connectivity index (χ3v) is 5.40. The molecule has 1 aromatic carbocycles. The molecule has 0 saturated carbocycles. The van der Waals surface area contributed by atoms with Gasteiger partial charge in [-0.2, -0.15) is 0 Å². The number of nitrogens with one attached hydrogen (secondary N) is 2. The second kappa shape index (κ2) is 13.9. The number of amides is 1. The fraction of sp³-hybridized carbons (Fsp3) is 0.652. The fourth-order valence-corrected chi connectivity index (χ4v) is 4.15. The van der Waals surface area contributed by atoms with Crippen molar-refractivity contribution < 1.29 is 4.79 Å². The minimum atomic E-state index is 0. The molecule has 1 heterocycles. The van der Waals surface area contributed by atoms with Crippen LogP contribution >= 0.6 is 24.0 Å². The summed E-state index contributed by atoms with van der Waals surface area (Å²) in [6.07, 6.45) is 3.32. The van der Waals surface area contributed by atoms with Gasteiger partial charge >= 0.3 is 0 Å². The molecule has 7 heteroatoms. The minimum absolute atomic E-state index is 0. The molecule has 1 aromatic rings. The Labute approximate surface area is 199 Å². The van der Waals surface area contributed by atoms with Gasteiger partial charge in [-0.3, -0.25) is 9.79 Å². The highest BCUT2D eigenvalue weighted by Crippen LogP contribution is 2.20. The number of rotatable bonds is 8. The first kappa shape index (κ1) is 26.7. The highest BCUT2D eigenvalue weighted by atomic mass is 127. The SMILES string of the molecule is CN=C(NCCCN1CC(C)CC(C)C1)NCCc1cccc(C(=O)N(C)C)c1.I. The van der Waals surface area contributed by atoms with Gasteiger partial charge in [-0.25, -0.2) is 0 Å². The summed E-state index contributed by atoms with van der Waals surface area (Å²) in [6.45, 7) is 10.0. The van der Waals surface area contributed by atoms with Gasteiger partial charge < -0.3 is 20.4 Å². The number of nitrogens with zero attached hydrogens (tertiary/aromatic N) is 3. The van der Waals surface area contributed by atoms with Gasteiger partial charge in [0.1, 0.15) is 0 Å². The van der Waals surface area contributed by atoms with Crippen LogP contribution in [0.15, 0.2) is 29.3 Å². The van der Waals surface area contributed by atoms with Gasteiger partial charge in [-0.15, -0.1) is 24.0 Å². The molecule has 2 unspecified atom stereocenters. The molecule has 30 heavy (non-hydrogen) atoms. The van der Waals surface area contributed by atoms with Gasteiger partial charge in [0.05, 0.1) is 0 Å². The van der Waals surface area contributed by atoms with Crippen molar-refractivity contribution in [1.82, 2.24) is 20.4 Å². The monoisotopic (exact) mass is 529 g/mol. The van der Waals surface area contributed by atoms with Gasteiger partial charge in [-0.1, -0.05) is 26.0 Å². The van der Waals surface area contributed by atoms with E-state index in [1.165, 1.54) is 19.5 Å². The summed E-state index contributed by atoms with van der Waals surface area (Å²) in [5.74, 6) is 2.50. The van der Waals surface area contributed by atoms with Crippen molar-refractivity contribution >= 4 is 35.8 Å². The number of carbonyl (C=O) groups is 1. The van der Waals surface area contributed by atoms with Crippen LogP contribution < -0.4 is 10.6 Å². The summed E-state index contributed by atoms with van der Waals surface area (Å²) in [4.78, 5) is 20.6. The lowest BCUT2D eigenvalue weighted by Gasteiger charge is -2.35. The smallest absolute Gasteiger partial charge is 0.253 e. The Morgan fingerprint density at radius 3 is 2.47 bits per heavy atom. The van der Waals surface area contributed by atoms with Crippen LogP contribution in [0.3, 0.4) is 0 Å². The average Bonchev–Trinajstić information content (AvgIpc) is 2.68. The zero-order chi connectivity index (χ0) is 21.2. The summed E-state index contributed by atoms with van der Waals surface area (Å²) >= 11 is 0. The van der Waals surface area contributed by atoms with E-state index in [0.717, 1.165) is 61.4 Å². The summed E-state index contributed by atoms with van der Waals surface area (Å²) in [5, 5.41) is 6.79. The van der Waals surface area contributed by atoms with Crippen molar-refractivity contribution in [2.75, 3.05) is 53.9 Å². The first-order valence-electron chi connectivity index (χ1n) is 10.9. The zero-order valence-electron chi connectivity index (χ0n) is 19.3. The lowest BCUT2D eigenvalue weighted by molar-refractivity contribution is 0.0827. The number of hydrogen-bond acceptors (Lipinski definition) is 3. The normalized spacial score (nSPS) is 19.7. The van der Waals surface area contributed by atoms with Gasteiger partial charge in [0.15, 0.2) is 5.96 Å². The molecule has 2 N–H and O–H groups in total. The Hall–Kier alpha value is -1.35. The van der Waals surface area contributed by atoms with Crippen LogP contribution in [0.1, 0.15) is 42.6 Å². The Bertz CT molecular complexity index is 669. The van der Waals surface area contributed by atoms with E-state index in [-0.39, 0.29) is 29.9 Å². The summed E-state index contributed by atoms with van der Waals surface area (Å²) < 4.78 is 0. The van der Waals surface area contributed by atoms with Crippen molar-refractivity contribution in [2.24, 2.45) is 16.8 Å². The molecule has 0 aromatic heterocycles. The van der Waals surface area contributed by atoms with Gasteiger partial charge in [0.25, 0.3) is 5.91 Å². The van der Waals surface area contributed by atoms with Crippen LogP contribution in [0, 0.1) is 11.8 Å². The third-order valence-electron chi connectivity index (χ3n) is 5.40. The van der Waals surface area contributed by atoms with Crippen LogP contribution in [-0.4, -0.2) is 75.5 Å². The van der Waals surface area contributed by atoms with Crippen LogP contribution in [0.5, 0.6) is 0 Å². The molecular formula is C23H40IN5O. The molecule has 0 aliphatic carbocycles. The second-order valence-electron chi connectivity index (χ2n) is 8.63. The molecule has 170 valence electrons. The first-order valence-corrected chi connectivity index (χ1v) is 10.9. The molecule has 0 spiro atoms. The van der Waals surface area contributed by atoms with E-state index in [9.17, 15) is 4.79 Å². The quantitative estimate of drug-likeness (QED) is 0.235. The lowest BCUT2D eigenvalue weighted by Crippen LogP contribution is -2.42. The van der Waals surface area contributed by atoms with E-state index in [1.807, 2.05) is 18.2 Å². The number of halogens is 1. The molecule has 2 rings (SSSR count). The summed E-state index contributed by atoms with van der Waals surface area (Å²) in [6, 6.07) is 7.84. The van der Waals surface area contributed by atoms with E-state index in [2.05, 4.69) is 40.4 Å². The van der Waals surface area contributed by atoms with E-state index in [0.29, 0.717) is 0 Å². The number of hydrogen-bond donors (Lipinski definition) is 2. The fourth-order valence-electron chi connectivity index (χ4n) is 4.15. The van der Waals surface area contributed by atoms with E-state index in [1.54, 1.807) is 26.0 Å². The molecule has 1 aliphatic heterocycles. The molecular weight excluding hydrogens is 489 g/mol. The van der Waals surface area contributed by atoms with Crippen molar-refractivity contribution in [1.29, 1.82) is 0 Å². The number of likely N-dealkylation sites (tertiary alicyclic amines) is 1. The Kier molecular flexibility index (Phi) is 12.3. The number of guanidine groups is 1. The molecule has 1 fully saturated rings. The maximum absolute atomic E-state index is 12.1. The van der Waals surface area contributed by atoms with Crippen molar-refractivity contribution in [3.05, 3.63) is 35.4 Å². The molecule has 0 bridgehead atoms. The highest BCUT2D eigenvalue weighted by molar-refractivity contribution is 14.0. The van der Waals surface area contributed by atoms with Gasteiger partial charge in [0, 0.05) is 52.9 Å². The standard InChI is InChI=1S/C23H39N5O.HI/c1-18-14-19(2)17-28(16-18)13-7-11-25-23(24-3)26-12-10-20-8-6-9-21(15-20)22(29)27(4)5;/h6,8-9,15,18-19H,7,10-14,16-17H2,1-5H3,(H2,24,25,26);1H. The zero-order valence-corrected chi connectivity index (χ0v) is 21.6. The lowest BCUT2D eigenvalue weighted by atomic mass is 9.92. The molecule has 6 nitrogen and oxygen atoms in total. The molecule has 1 aliphatic rings. The van der Waals surface area contributed by atoms with Gasteiger partial charge in [0.2, 0.25) is 0 Å². The van der Waals surface area contributed by atoms with Crippen molar-refractivity contribution in [3.63, 3.8) is 0 Å². The Morgan fingerprint density at radius 1 is 1.17 bits per heavy atom.